The van der Waals surface area contributed by atoms with Crippen molar-refractivity contribution in [1.82, 2.24) is 9.88 Å². The minimum absolute atomic E-state index is 0.161. The van der Waals surface area contributed by atoms with Gasteiger partial charge >= 0.3 is 0 Å². The van der Waals surface area contributed by atoms with E-state index in [1.807, 2.05) is 55.5 Å². The number of para-hydroxylation sites is 1. The lowest BCUT2D eigenvalue weighted by atomic mass is 10.1. The van der Waals surface area contributed by atoms with Gasteiger partial charge in [0.05, 0.1) is 12.7 Å². The van der Waals surface area contributed by atoms with E-state index < -0.39 is 11.7 Å². The zero-order chi connectivity index (χ0) is 19.0. The number of amides is 1. The fourth-order valence-corrected chi connectivity index (χ4v) is 3.43. The number of rotatable bonds is 6. The normalized spacial score (nSPS) is 13.6. The Balaban J connectivity index is 1.73. The van der Waals surface area contributed by atoms with Gasteiger partial charge in [-0.2, -0.15) is 0 Å². The molecule has 1 fully saturated rings. The van der Waals surface area contributed by atoms with Gasteiger partial charge in [0.2, 0.25) is 0 Å². The number of methoxy groups -OCH3 is 1. The molecule has 0 aliphatic heterocycles. The van der Waals surface area contributed by atoms with Crippen LogP contribution in [0.25, 0.3) is 10.9 Å². The van der Waals surface area contributed by atoms with Crippen LogP contribution in [0.3, 0.4) is 0 Å². The van der Waals surface area contributed by atoms with Gasteiger partial charge in [0, 0.05) is 29.2 Å². The number of fused-ring (bicyclic) bond motifs is 1. The molecule has 4 rings (SSSR count). The van der Waals surface area contributed by atoms with Gasteiger partial charge in [-0.3, -0.25) is 9.59 Å². The fraction of sp³-hybridized carbons (Fsp3) is 0.273. The molecular formula is C22H22N2O3. The summed E-state index contributed by atoms with van der Waals surface area (Å²) in [7, 11) is 1.64. The van der Waals surface area contributed by atoms with Crippen LogP contribution in [0, 0.1) is 6.92 Å². The Morgan fingerprint density at radius 2 is 1.81 bits per heavy atom. The average Bonchev–Trinajstić information content (AvgIpc) is 3.46. The van der Waals surface area contributed by atoms with Crippen molar-refractivity contribution in [3.8, 4) is 5.75 Å². The smallest absolute Gasteiger partial charge is 0.292 e. The highest BCUT2D eigenvalue weighted by molar-refractivity contribution is 6.45. The Morgan fingerprint density at radius 1 is 1.11 bits per heavy atom. The van der Waals surface area contributed by atoms with Crippen molar-refractivity contribution in [2.75, 3.05) is 7.11 Å². The Morgan fingerprint density at radius 3 is 2.48 bits per heavy atom. The number of nitrogens with one attached hydrogen (secondary N) is 1. The van der Waals surface area contributed by atoms with E-state index in [1.165, 1.54) is 0 Å². The van der Waals surface area contributed by atoms with Crippen LogP contribution in [0.5, 0.6) is 5.75 Å². The molecule has 0 bridgehead atoms. The zero-order valence-corrected chi connectivity index (χ0v) is 15.5. The van der Waals surface area contributed by atoms with Crippen molar-refractivity contribution in [2.45, 2.75) is 32.4 Å². The number of carbonyl (C=O) groups excluding carboxylic acids is 2. The minimum Gasteiger partial charge on any atom is -0.497 e. The molecule has 0 radical (unpaired) electrons. The summed E-state index contributed by atoms with van der Waals surface area (Å²) in [5.74, 6) is -0.155. The highest BCUT2D eigenvalue weighted by Gasteiger charge is 2.30. The van der Waals surface area contributed by atoms with Crippen LogP contribution in [0.4, 0.5) is 0 Å². The topological polar surface area (TPSA) is 60.3 Å². The van der Waals surface area contributed by atoms with E-state index in [0.717, 1.165) is 40.8 Å². The number of aromatic nitrogens is 1. The molecule has 1 amide bonds. The van der Waals surface area contributed by atoms with Gasteiger partial charge in [0.15, 0.2) is 0 Å². The van der Waals surface area contributed by atoms with Gasteiger partial charge in [-0.05, 0) is 43.5 Å². The molecule has 0 saturated heterocycles. The number of carbonyl (C=O) groups is 2. The second kappa shape index (κ2) is 6.91. The Hall–Kier alpha value is -3.08. The first kappa shape index (κ1) is 17.3. The molecule has 1 saturated carbocycles. The van der Waals surface area contributed by atoms with E-state index in [2.05, 4.69) is 9.88 Å². The van der Waals surface area contributed by atoms with Crippen molar-refractivity contribution in [1.29, 1.82) is 0 Å². The number of hydrogen-bond acceptors (Lipinski definition) is 3. The van der Waals surface area contributed by atoms with Crippen LogP contribution < -0.4 is 10.1 Å². The molecule has 1 aliphatic carbocycles. The van der Waals surface area contributed by atoms with E-state index in [1.54, 1.807) is 7.11 Å². The number of ether oxygens (including phenoxy) is 1. The first-order valence-corrected chi connectivity index (χ1v) is 9.14. The fourth-order valence-electron chi connectivity index (χ4n) is 3.43. The molecule has 1 N–H and O–H groups in total. The van der Waals surface area contributed by atoms with Crippen LogP contribution in [0.15, 0.2) is 48.5 Å². The van der Waals surface area contributed by atoms with E-state index >= 15 is 0 Å². The second-order valence-electron chi connectivity index (χ2n) is 6.99. The van der Waals surface area contributed by atoms with Crippen molar-refractivity contribution < 1.29 is 14.3 Å². The predicted molar refractivity (Wildman–Crippen MR) is 104 cm³/mol. The van der Waals surface area contributed by atoms with Crippen molar-refractivity contribution >= 4 is 22.6 Å². The molecule has 5 heteroatoms. The molecule has 2 aromatic carbocycles. The van der Waals surface area contributed by atoms with Gasteiger partial charge < -0.3 is 14.6 Å². The maximum absolute atomic E-state index is 12.9. The van der Waals surface area contributed by atoms with Crippen molar-refractivity contribution in [3.63, 3.8) is 0 Å². The molecule has 1 aliphatic rings. The molecule has 3 aromatic rings. The van der Waals surface area contributed by atoms with Crippen LogP contribution in [0.2, 0.25) is 0 Å². The molecule has 1 heterocycles. The van der Waals surface area contributed by atoms with Gasteiger partial charge in [0.1, 0.15) is 5.75 Å². The molecule has 27 heavy (non-hydrogen) atoms. The summed E-state index contributed by atoms with van der Waals surface area (Å²) in [5, 5.41) is 3.62. The van der Waals surface area contributed by atoms with Crippen LogP contribution >= 0.6 is 0 Å². The average molecular weight is 362 g/mol. The third kappa shape index (κ3) is 3.33. The number of Topliss-reactive ketones (excluding diaryl/α,β-unsaturated/α-hetero) is 1. The van der Waals surface area contributed by atoms with E-state index in [4.69, 9.17) is 4.74 Å². The van der Waals surface area contributed by atoms with Crippen LogP contribution in [-0.4, -0.2) is 29.4 Å². The quantitative estimate of drug-likeness (QED) is 0.540. The molecule has 5 nitrogen and oxygen atoms in total. The summed E-state index contributed by atoms with van der Waals surface area (Å²) in [4.78, 5) is 25.2. The Labute approximate surface area is 157 Å². The summed E-state index contributed by atoms with van der Waals surface area (Å²) < 4.78 is 7.31. The van der Waals surface area contributed by atoms with Gasteiger partial charge in [0.25, 0.3) is 11.7 Å². The summed E-state index contributed by atoms with van der Waals surface area (Å²) in [6.07, 6.45) is 1.91. The number of benzene rings is 2. The molecular weight excluding hydrogens is 340 g/mol. The number of ketones is 1. The van der Waals surface area contributed by atoms with Gasteiger partial charge in [-0.25, -0.2) is 0 Å². The first-order valence-electron chi connectivity index (χ1n) is 9.14. The summed E-state index contributed by atoms with van der Waals surface area (Å²) >= 11 is 0. The zero-order valence-electron chi connectivity index (χ0n) is 15.5. The van der Waals surface area contributed by atoms with E-state index in [-0.39, 0.29) is 6.04 Å². The lowest BCUT2D eigenvalue weighted by molar-refractivity contribution is -0.117. The van der Waals surface area contributed by atoms with E-state index in [0.29, 0.717) is 12.1 Å². The third-order valence-corrected chi connectivity index (χ3v) is 5.08. The second-order valence-corrected chi connectivity index (χ2v) is 6.99. The van der Waals surface area contributed by atoms with E-state index in [9.17, 15) is 9.59 Å². The van der Waals surface area contributed by atoms with Gasteiger partial charge in [-0.15, -0.1) is 0 Å². The largest absolute Gasteiger partial charge is 0.497 e. The lowest BCUT2D eigenvalue weighted by Crippen LogP contribution is -2.33. The van der Waals surface area contributed by atoms with Crippen molar-refractivity contribution in [3.05, 3.63) is 65.4 Å². The molecule has 0 spiro atoms. The Bertz CT molecular complexity index is 1010. The highest BCUT2D eigenvalue weighted by atomic mass is 16.5. The standard InChI is InChI=1S/C22H22N2O3/c1-14-20(21(25)22(26)23-16-9-10-16)18-5-3-4-6-19(18)24(14)13-15-7-11-17(27-2)12-8-15/h3-8,11-12,16H,9-10,13H2,1-2H3,(H,23,26). The lowest BCUT2D eigenvalue weighted by Gasteiger charge is -2.10. The molecule has 138 valence electrons. The maximum atomic E-state index is 12.9. The molecule has 0 atom stereocenters. The third-order valence-electron chi connectivity index (χ3n) is 5.08. The maximum Gasteiger partial charge on any atom is 0.292 e. The van der Waals surface area contributed by atoms with Crippen LogP contribution in [-0.2, 0) is 11.3 Å². The van der Waals surface area contributed by atoms with Crippen molar-refractivity contribution in [2.24, 2.45) is 0 Å². The van der Waals surface area contributed by atoms with Crippen LogP contribution in [0.1, 0.15) is 34.5 Å². The first-order chi connectivity index (χ1) is 13.1. The summed E-state index contributed by atoms with van der Waals surface area (Å²) in [6.45, 7) is 2.52. The Kier molecular flexibility index (Phi) is 4.44. The minimum atomic E-state index is -0.507. The number of hydrogen-bond donors (Lipinski definition) is 1. The highest BCUT2D eigenvalue weighted by Crippen LogP contribution is 2.28. The summed E-state index contributed by atoms with van der Waals surface area (Å²) in [5.41, 5.74) is 3.36. The molecule has 0 unspecified atom stereocenters. The number of nitrogens with zero attached hydrogens (tertiary/aromatic N) is 1. The summed E-state index contributed by atoms with van der Waals surface area (Å²) in [6, 6.07) is 15.8. The molecule has 1 aromatic heterocycles. The predicted octanol–water partition coefficient (Wildman–Crippen LogP) is 3.47. The van der Waals surface area contributed by atoms with Gasteiger partial charge in [-0.1, -0.05) is 30.3 Å². The SMILES string of the molecule is COc1ccc(Cn2c(C)c(C(=O)C(=O)NC3CC3)c3ccccc32)cc1. The monoisotopic (exact) mass is 362 g/mol.